The molecule has 0 radical (unpaired) electrons. The molecule has 9 nitrogen and oxygen atoms in total. The van der Waals surface area contributed by atoms with Crippen molar-refractivity contribution in [2.75, 3.05) is 44.0 Å². The summed E-state index contributed by atoms with van der Waals surface area (Å²) in [6, 6.07) is 8.80. The molecule has 0 saturated carbocycles. The number of ether oxygens (including phenoxy) is 1. The van der Waals surface area contributed by atoms with Crippen LogP contribution in [0.15, 0.2) is 41.4 Å². The first kappa shape index (κ1) is 20.2. The summed E-state index contributed by atoms with van der Waals surface area (Å²) in [6.07, 6.45) is 1.57. The van der Waals surface area contributed by atoms with Gasteiger partial charge in [0.25, 0.3) is 0 Å². The van der Waals surface area contributed by atoms with Crippen LogP contribution in [0.4, 0.5) is 11.4 Å². The Morgan fingerprint density at radius 3 is 2.93 bits per heavy atom. The number of fused-ring (bicyclic) bond motifs is 2. The summed E-state index contributed by atoms with van der Waals surface area (Å²) < 4.78 is 32.8. The Hall–Kier alpha value is -3.11. The lowest BCUT2D eigenvalue weighted by Gasteiger charge is -2.28. The van der Waals surface area contributed by atoms with E-state index in [1.54, 1.807) is 24.4 Å². The summed E-state index contributed by atoms with van der Waals surface area (Å²) in [4.78, 5) is 14.7. The number of H-pyrrole nitrogens is 1. The number of anilines is 2. The maximum atomic E-state index is 13.1. The van der Waals surface area contributed by atoms with Crippen LogP contribution in [0.25, 0.3) is 10.9 Å². The van der Waals surface area contributed by atoms with Crippen molar-refractivity contribution in [3.63, 3.8) is 0 Å². The van der Waals surface area contributed by atoms with Gasteiger partial charge in [-0.1, -0.05) is 0 Å². The van der Waals surface area contributed by atoms with Gasteiger partial charge >= 0.3 is 0 Å². The van der Waals surface area contributed by atoms with Crippen LogP contribution in [-0.2, 0) is 14.8 Å². The number of nitrogens with one attached hydrogen (secondary N) is 2. The molecule has 2 heterocycles. The molecule has 0 saturated heterocycles. The van der Waals surface area contributed by atoms with Crippen LogP contribution in [0.2, 0.25) is 0 Å². The maximum absolute atomic E-state index is 13.1. The zero-order chi connectivity index (χ0) is 21.5. The molecular weight excluding hydrogens is 406 g/mol. The monoisotopic (exact) mass is 429 g/mol. The summed E-state index contributed by atoms with van der Waals surface area (Å²) in [7, 11) is -0.544. The van der Waals surface area contributed by atoms with Crippen LogP contribution in [-0.4, -0.2) is 62.6 Å². The van der Waals surface area contributed by atoms with Gasteiger partial charge in [0, 0.05) is 31.2 Å². The largest absolute Gasteiger partial charge is 0.489 e. The third kappa shape index (κ3) is 3.71. The molecule has 1 aliphatic rings. The molecule has 2 N–H and O–H groups in total. The van der Waals surface area contributed by atoms with Crippen LogP contribution >= 0.6 is 0 Å². The van der Waals surface area contributed by atoms with E-state index in [4.69, 9.17) is 4.74 Å². The molecule has 0 atom stereocenters. The quantitative estimate of drug-likeness (QED) is 0.642. The average molecular weight is 430 g/mol. The minimum atomic E-state index is -3.90. The van der Waals surface area contributed by atoms with Crippen LogP contribution < -0.4 is 15.0 Å². The normalized spacial score (nSPS) is 13.9. The second kappa shape index (κ2) is 7.62. The second-order valence-electron chi connectivity index (χ2n) is 7.36. The lowest BCUT2D eigenvalue weighted by Crippen LogP contribution is -2.35. The van der Waals surface area contributed by atoms with E-state index in [0.717, 1.165) is 22.1 Å². The lowest BCUT2D eigenvalue weighted by atomic mass is 10.2. The van der Waals surface area contributed by atoms with Crippen molar-refractivity contribution >= 4 is 38.2 Å². The number of rotatable bonds is 5. The summed E-state index contributed by atoms with van der Waals surface area (Å²) in [5.41, 5.74) is 2.71. The Labute approximate surface area is 174 Å². The number of aromatic nitrogens is 2. The standard InChI is InChI=1S/C20H23N5O4S/c1-13-8-14-11-21-23-20(14)18(9-13)30(27,28)25(3)12-19(26)22-15-4-5-16-17(10-15)29-7-6-24(16)2/h4-5,8-11H,6-7,12H2,1-3H3,(H,21,23)(H,22,26). The fraction of sp³-hybridized carbons (Fsp3) is 0.300. The molecule has 4 rings (SSSR count). The summed E-state index contributed by atoms with van der Waals surface area (Å²) in [6.45, 7) is 2.85. The smallest absolute Gasteiger partial charge is 0.245 e. The van der Waals surface area contributed by atoms with Crippen LogP contribution in [0, 0.1) is 6.92 Å². The lowest BCUT2D eigenvalue weighted by molar-refractivity contribution is -0.116. The van der Waals surface area contributed by atoms with E-state index in [2.05, 4.69) is 20.4 Å². The van der Waals surface area contributed by atoms with Gasteiger partial charge in [-0.2, -0.15) is 9.40 Å². The number of carbonyl (C=O) groups excluding carboxylic acids is 1. The first-order valence-electron chi connectivity index (χ1n) is 9.43. The predicted molar refractivity (Wildman–Crippen MR) is 114 cm³/mol. The van der Waals surface area contributed by atoms with Crippen molar-refractivity contribution < 1.29 is 17.9 Å². The van der Waals surface area contributed by atoms with Crippen LogP contribution in [0.3, 0.4) is 0 Å². The van der Waals surface area contributed by atoms with E-state index >= 15 is 0 Å². The summed E-state index contributed by atoms with van der Waals surface area (Å²) in [5.74, 6) is 0.239. The van der Waals surface area contributed by atoms with Crippen molar-refractivity contribution in [3.05, 3.63) is 42.1 Å². The highest BCUT2D eigenvalue weighted by Crippen LogP contribution is 2.33. The number of likely N-dealkylation sites (N-methyl/N-ethyl adjacent to an activating group) is 2. The fourth-order valence-corrected chi connectivity index (χ4v) is 4.84. The van der Waals surface area contributed by atoms with Gasteiger partial charge in [0.2, 0.25) is 15.9 Å². The topological polar surface area (TPSA) is 108 Å². The van der Waals surface area contributed by atoms with Gasteiger partial charge in [-0.25, -0.2) is 8.42 Å². The molecule has 0 spiro atoms. The van der Waals surface area contributed by atoms with Gasteiger partial charge in [-0.15, -0.1) is 0 Å². The van der Waals surface area contributed by atoms with Crippen molar-refractivity contribution in [1.29, 1.82) is 0 Å². The molecule has 0 bridgehead atoms. The molecule has 0 unspecified atom stereocenters. The van der Waals surface area contributed by atoms with Gasteiger partial charge in [-0.05, 0) is 36.8 Å². The highest BCUT2D eigenvalue weighted by atomic mass is 32.2. The van der Waals surface area contributed by atoms with E-state index in [-0.39, 0.29) is 11.4 Å². The number of hydrogen-bond acceptors (Lipinski definition) is 6. The van der Waals surface area contributed by atoms with Gasteiger partial charge in [0.1, 0.15) is 17.3 Å². The zero-order valence-electron chi connectivity index (χ0n) is 17.0. The number of sulfonamides is 1. The average Bonchev–Trinajstić information content (AvgIpc) is 3.15. The molecule has 2 aromatic carbocycles. The number of nitrogens with zero attached hydrogens (tertiary/aromatic N) is 3. The summed E-state index contributed by atoms with van der Waals surface area (Å²) in [5, 5.41) is 10.1. The predicted octanol–water partition coefficient (Wildman–Crippen LogP) is 1.96. The van der Waals surface area contributed by atoms with Gasteiger partial charge in [-0.3, -0.25) is 9.89 Å². The van der Waals surface area contributed by atoms with Gasteiger partial charge < -0.3 is 15.0 Å². The number of hydrogen-bond donors (Lipinski definition) is 2. The van der Waals surface area contributed by atoms with Crippen LogP contribution in [0.1, 0.15) is 5.56 Å². The van der Waals surface area contributed by atoms with E-state index in [1.165, 1.54) is 7.05 Å². The van der Waals surface area contributed by atoms with Crippen molar-refractivity contribution in [3.8, 4) is 5.75 Å². The van der Waals surface area contributed by atoms with E-state index in [0.29, 0.717) is 28.9 Å². The highest BCUT2D eigenvalue weighted by molar-refractivity contribution is 7.89. The molecule has 0 aliphatic carbocycles. The zero-order valence-corrected chi connectivity index (χ0v) is 17.8. The molecule has 0 fully saturated rings. The van der Waals surface area contributed by atoms with E-state index in [1.807, 2.05) is 26.1 Å². The minimum absolute atomic E-state index is 0.0931. The number of amides is 1. The van der Waals surface area contributed by atoms with Crippen molar-refractivity contribution in [2.24, 2.45) is 0 Å². The Morgan fingerprint density at radius 2 is 2.13 bits per heavy atom. The molecule has 3 aromatic rings. The Morgan fingerprint density at radius 1 is 1.33 bits per heavy atom. The molecular formula is C20H23N5O4S. The molecule has 1 amide bonds. The number of benzene rings is 2. The molecule has 1 aromatic heterocycles. The van der Waals surface area contributed by atoms with Crippen molar-refractivity contribution in [2.45, 2.75) is 11.8 Å². The maximum Gasteiger partial charge on any atom is 0.245 e. The fourth-order valence-electron chi connectivity index (χ4n) is 3.46. The number of aryl methyl sites for hydroxylation is 1. The minimum Gasteiger partial charge on any atom is -0.489 e. The SMILES string of the molecule is Cc1cc(S(=O)(=O)N(C)CC(=O)Nc2ccc3c(c2)OCCN3C)c2[nH]ncc2c1. The molecule has 30 heavy (non-hydrogen) atoms. The van der Waals surface area contributed by atoms with Gasteiger partial charge in [0.05, 0.1) is 30.5 Å². The second-order valence-corrected chi connectivity index (χ2v) is 9.37. The number of carbonyl (C=O) groups is 1. The molecule has 1 aliphatic heterocycles. The van der Waals surface area contributed by atoms with E-state index in [9.17, 15) is 13.2 Å². The van der Waals surface area contributed by atoms with Crippen LogP contribution in [0.5, 0.6) is 5.75 Å². The number of aromatic amines is 1. The Balaban J connectivity index is 1.51. The third-order valence-corrected chi connectivity index (χ3v) is 6.88. The van der Waals surface area contributed by atoms with E-state index < -0.39 is 15.9 Å². The Bertz CT molecular complexity index is 1220. The Kier molecular flexibility index (Phi) is 5.12. The van der Waals surface area contributed by atoms with Crippen molar-refractivity contribution in [1.82, 2.24) is 14.5 Å². The van der Waals surface area contributed by atoms with Gasteiger partial charge in [0.15, 0.2) is 0 Å². The summed E-state index contributed by atoms with van der Waals surface area (Å²) >= 11 is 0. The molecule has 158 valence electrons. The highest BCUT2D eigenvalue weighted by Gasteiger charge is 2.26. The molecule has 10 heteroatoms. The first-order chi connectivity index (χ1) is 14.3. The third-order valence-electron chi connectivity index (χ3n) is 5.05. The first-order valence-corrected chi connectivity index (χ1v) is 10.9.